The third-order valence-corrected chi connectivity index (χ3v) is 4.04. The molecular formula is C17H23F3N2O. The summed E-state index contributed by atoms with van der Waals surface area (Å²) in [6.45, 7) is 3.77. The van der Waals surface area contributed by atoms with Crippen molar-refractivity contribution in [2.45, 2.75) is 38.3 Å². The predicted molar refractivity (Wildman–Crippen MR) is 83.1 cm³/mol. The van der Waals surface area contributed by atoms with Gasteiger partial charge < -0.3 is 10.2 Å². The Labute approximate surface area is 134 Å². The highest BCUT2D eigenvalue weighted by atomic mass is 19.4. The van der Waals surface area contributed by atoms with E-state index in [9.17, 15) is 18.0 Å². The third-order valence-electron chi connectivity index (χ3n) is 4.04. The van der Waals surface area contributed by atoms with Crippen LogP contribution in [0.5, 0.6) is 0 Å². The highest BCUT2D eigenvalue weighted by Gasteiger charge is 2.30. The van der Waals surface area contributed by atoms with Crippen LogP contribution in [0.3, 0.4) is 0 Å². The fraction of sp³-hybridized carbons (Fsp3) is 0.588. The predicted octanol–water partition coefficient (Wildman–Crippen LogP) is 3.24. The largest absolute Gasteiger partial charge is 0.416 e. The van der Waals surface area contributed by atoms with Gasteiger partial charge in [0, 0.05) is 6.54 Å². The monoisotopic (exact) mass is 328 g/mol. The molecule has 1 amide bonds. The van der Waals surface area contributed by atoms with Crippen LogP contribution in [0, 0.1) is 0 Å². The van der Waals surface area contributed by atoms with Crippen LogP contribution in [0.15, 0.2) is 24.3 Å². The van der Waals surface area contributed by atoms with Gasteiger partial charge in [0.25, 0.3) is 0 Å². The Hall–Kier alpha value is -1.56. The Balaban J connectivity index is 1.70. The Bertz CT molecular complexity index is 511. The van der Waals surface area contributed by atoms with E-state index in [2.05, 4.69) is 10.2 Å². The summed E-state index contributed by atoms with van der Waals surface area (Å²) < 4.78 is 37.9. The molecule has 0 radical (unpaired) electrons. The maximum atomic E-state index is 12.6. The van der Waals surface area contributed by atoms with E-state index < -0.39 is 11.7 Å². The SMILES string of the molecule is O=C(Cc1cccc(C(F)(F)F)c1)NCCCN1CCCCC1. The second kappa shape index (κ2) is 8.34. The van der Waals surface area contributed by atoms with Gasteiger partial charge in [-0.1, -0.05) is 24.6 Å². The van der Waals surface area contributed by atoms with Gasteiger partial charge in [0.1, 0.15) is 0 Å². The van der Waals surface area contributed by atoms with Gasteiger partial charge in [-0.3, -0.25) is 4.79 Å². The lowest BCUT2D eigenvalue weighted by Crippen LogP contribution is -2.33. The summed E-state index contributed by atoms with van der Waals surface area (Å²) in [5.41, 5.74) is -0.332. The van der Waals surface area contributed by atoms with Crippen molar-refractivity contribution in [2.75, 3.05) is 26.2 Å². The van der Waals surface area contributed by atoms with Gasteiger partial charge >= 0.3 is 6.18 Å². The van der Waals surface area contributed by atoms with E-state index in [4.69, 9.17) is 0 Å². The molecule has 0 spiro atoms. The molecule has 0 aromatic heterocycles. The van der Waals surface area contributed by atoms with Crippen molar-refractivity contribution in [2.24, 2.45) is 0 Å². The molecule has 1 aromatic rings. The van der Waals surface area contributed by atoms with Crippen molar-refractivity contribution in [1.82, 2.24) is 10.2 Å². The van der Waals surface area contributed by atoms with Gasteiger partial charge in [0.2, 0.25) is 5.91 Å². The van der Waals surface area contributed by atoms with Crippen LogP contribution in [-0.2, 0) is 17.4 Å². The van der Waals surface area contributed by atoms with Crippen LogP contribution in [-0.4, -0.2) is 37.0 Å². The van der Waals surface area contributed by atoms with E-state index in [-0.39, 0.29) is 12.3 Å². The first kappa shape index (κ1) is 17.8. The molecule has 23 heavy (non-hydrogen) atoms. The molecule has 0 saturated carbocycles. The highest BCUT2D eigenvalue weighted by molar-refractivity contribution is 5.78. The lowest BCUT2D eigenvalue weighted by Gasteiger charge is -2.26. The average molecular weight is 328 g/mol. The number of rotatable bonds is 6. The highest BCUT2D eigenvalue weighted by Crippen LogP contribution is 2.29. The number of piperidine rings is 1. The number of nitrogens with one attached hydrogen (secondary N) is 1. The Morgan fingerprint density at radius 3 is 2.61 bits per heavy atom. The van der Waals surface area contributed by atoms with Crippen molar-refractivity contribution in [3.8, 4) is 0 Å². The summed E-state index contributed by atoms with van der Waals surface area (Å²) in [6, 6.07) is 4.93. The van der Waals surface area contributed by atoms with Crippen molar-refractivity contribution >= 4 is 5.91 Å². The molecule has 1 N–H and O–H groups in total. The number of carbonyl (C=O) groups excluding carboxylic acids is 1. The number of alkyl halides is 3. The number of nitrogens with zero attached hydrogens (tertiary/aromatic N) is 1. The van der Waals surface area contributed by atoms with E-state index in [1.54, 1.807) is 6.07 Å². The van der Waals surface area contributed by atoms with Crippen LogP contribution >= 0.6 is 0 Å². The maximum absolute atomic E-state index is 12.6. The van der Waals surface area contributed by atoms with Gasteiger partial charge in [0.15, 0.2) is 0 Å². The first-order valence-electron chi connectivity index (χ1n) is 8.10. The summed E-state index contributed by atoms with van der Waals surface area (Å²) >= 11 is 0. The topological polar surface area (TPSA) is 32.3 Å². The van der Waals surface area contributed by atoms with Crippen LogP contribution < -0.4 is 5.32 Å². The zero-order chi connectivity index (χ0) is 16.7. The number of halogens is 3. The number of likely N-dealkylation sites (tertiary alicyclic amines) is 1. The van der Waals surface area contributed by atoms with Crippen LogP contribution in [0.1, 0.15) is 36.8 Å². The van der Waals surface area contributed by atoms with E-state index >= 15 is 0 Å². The van der Waals surface area contributed by atoms with Gasteiger partial charge in [-0.05, 0) is 50.5 Å². The van der Waals surface area contributed by atoms with Crippen LogP contribution in [0.4, 0.5) is 13.2 Å². The minimum absolute atomic E-state index is 0.0202. The molecule has 0 bridgehead atoms. The summed E-state index contributed by atoms with van der Waals surface area (Å²) in [4.78, 5) is 14.2. The van der Waals surface area contributed by atoms with Crippen molar-refractivity contribution in [1.29, 1.82) is 0 Å². The molecule has 1 saturated heterocycles. The molecule has 3 nitrogen and oxygen atoms in total. The van der Waals surface area contributed by atoms with E-state index in [1.807, 2.05) is 0 Å². The van der Waals surface area contributed by atoms with E-state index in [0.29, 0.717) is 12.1 Å². The van der Waals surface area contributed by atoms with Gasteiger partial charge in [-0.2, -0.15) is 13.2 Å². The van der Waals surface area contributed by atoms with E-state index in [0.717, 1.165) is 38.2 Å². The molecule has 1 aliphatic heterocycles. The molecule has 0 unspecified atom stereocenters. The summed E-state index contributed by atoms with van der Waals surface area (Å²) in [7, 11) is 0. The molecular weight excluding hydrogens is 305 g/mol. The molecule has 128 valence electrons. The van der Waals surface area contributed by atoms with Gasteiger partial charge in [0.05, 0.1) is 12.0 Å². The van der Waals surface area contributed by atoms with Crippen LogP contribution in [0.25, 0.3) is 0 Å². The smallest absolute Gasteiger partial charge is 0.356 e. The molecule has 0 aliphatic carbocycles. The zero-order valence-electron chi connectivity index (χ0n) is 13.2. The number of amides is 1. The summed E-state index contributed by atoms with van der Waals surface area (Å²) in [6.07, 6.45) is 0.247. The van der Waals surface area contributed by atoms with E-state index in [1.165, 1.54) is 25.3 Å². The maximum Gasteiger partial charge on any atom is 0.416 e. The number of hydrogen-bond donors (Lipinski definition) is 1. The Morgan fingerprint density at radius 1 is 1.17 bits per heavy atom. The average Bonchev–Trinajstić information content (AvgIpc) is 2.52. The second-order valence-electron chi connectivity index (χ2n) is 5.98. The van der Waals surface area contributed by atoms with Crippen molar-refractivity contribution < 1.29 is 18.0 Å². The minimum Gasteiger partial charge on any atom is -0.356 e. The summed E-state index contributed by atoms with van der Waals surface area (Å²) in [5.74, 6) is -0.233. The lowest BCUT2D eigenvalue weighted by molar-refractivity contribution is -0.137. The Kier molecular flexibility index (Phi) is 6.45. The number of hydrogen-bond acceptors (Lipinski definition) is 2. The fourth-order valence-electron chi connectivity index (χ4n) is 2.82. The summed E-state index contributed by atoms with van der Waals surface area (Å²) in [5, 5.41) is 2.78. The second-order valence-corrected chi connectivity index (χ2v) is 5.98. The quantitative estimate of drug-likeness (QED) is 0.813. The number of benzene rings is 1. The van der Waals surface area contributed by atoms with Crippen molar-refractivity contribution in [3.05, 3.63) is 35.4 Å². The first-order valence-corrected chi connectivity index (χ1v) is 8.10. The first-order chi connectivity index (χ1) is 10.9. The molecule has 1 aromatic carbocycles. The van der Waals surface area contributed by atoms with Gasteiger partial charge in [-0.15, -0.1) is 0 Å². The zero-order valence-corrected chi connectivity index (χ0v) is 13.2. The standard InChI is InChI=1S/C17H23F3N2O/c18-17(19,20)15-7-4-6-14(12-15)13-16(23)21-8-5-11-22-9-2-1-3-10-22/h4,6-7,12H,1-3,5,8-11,13H2,(H,21,23). The molecule has 6 heteroatoms. The third kappa shape index (κ3) is 6.22. The Morgan fingerprint density at radius 2 is 1.91 bits per heavy atom. The normalized spacial score (nSPS) is 16.3. The molecule has 1 aliphatic rings. The lowest BCUT2D eigenvalue weighted by atomic mass is 10.1. The van der Waals surface area contributed by atoms with Gasteiger partial charge in [-0.25, -0.2) is 0 Å². The van der Waals surface area contributed by atoms with Crippen molar-refractivity contribution in [3.63, 3.8) is 0 Å². The van der Waals surface area contributed by atoms with Crippen LogP contribution in [0.2, 0.25) is 0 Å². The molecule has 1 heterocycles. The molecule has 2 rings (SSSR count). The minimum atomic E-state index is -4.37. The molecule has 1 fully saturated rings. The number of carbonyl (C=O) groups is 1. The fourth-order valence-corrected chi connectivity index (χ4v) is 2.82. The molecule has 0 atom stereocenters.